The molecule has 0 spiro atoms. The lowest BCUT2D eigenvalue weighted by atomic mass is 10.1. The van der Waals surface area contributed by atoms with Gasteiger partial charge in [0, 0.05) is 11.5 Å². The van der Waals surface area contributed by atoms with Crippen molar-refractivity contribution >= 4 is 27.6 Å². The highest BCUT2D eigenvalue weighted by molar-refractivity contribution is 5.90. The van der Waals surface area contributed by atoms with Crippen LogP contribution in [0.4, 0.5) is 0 Å². The molecule has 5 rings (SSSR count). The molecule has 0 bridgehead atoms. The van der Waals surface area contributed by atoms with Crippen LogP contribution in [0.1, 0.15) is 16.8 Å². The van der Waals surface area contributed by atoms with Crippen molar-refractivity contribution < 1.29 is 0 Å². The van der Waals surface area contributed by atoms with E-state index >= 15 is 0 Å². The molecule has 0 atom stereocenters. The molecule has 25 heavy (non-hydrogen) atoms. The maximum Gasteiger partial charge on any atom is 0.158 e. The lowest BCUT2D eigenvalue weighted by molar-refractivity contribution is 0.940. The highest BCUT2D eigenvalue weighted by Gasteiger charge is 2.14. The van der Waals surface area contributed by atoms with Gasteiger partial charge < -0.3 is 0 Å². The smallest absolute Gasteiger partial charge is 0.158 e. The third kappa shape index (κ3) is 1.99. The van der Waals surface area contributed by atoms with Crippen molar-refractivity contribution in [2.24, 2.45) is 0 Å². The first-order valence-electron chi connectivity index (χ1n) is 8.31. The van der Waals surface area contributed by atoms with Crippen molar-refractivity contribution in [2.45, 2.75) is 20.8 Å². The zero-order chi connectivity index (χ0) is 17.1. The number of aryl methyl sites for hydroxylation is 3. The molecular weight excluding hydrogens is 310 g/mol. The average molecular weight is 327 g/mol. The summed E-state index contributed by atoms with van der Waals surface area (Å²) in [5.74, 6) is 0.883. The molecular formula is C20H17N5. The minimum atomic E-state index is 0.844. The summed E-state index contributed by atoms with van der Waals surface area (Å²) in [4.78, 5) is 9.48. The molecule has 0 aliphatic carbocycles. The quantitative estimate of drug-likeness (QED) is 0.465. The summed E-state index contributed by atoms with van der Waals surface area (Å²) in [6, 6.07) is 14.5. The lowest BCUT2D eigenvalue weighted by Gasteiger charge is -2.10. The molecule has 2 aromatic carbocycles. The number of nitrogens with zero attached hydrogens (tertiary/aromatic N) is 5. The Morgan fingerprint density at radius 3 is 2.56 bits per heavy atom. The van der Waals surface area contributed by atoms with E-state index in [-0.39, 0.29) is 0 Å². The largest absolute Gasteiger partial charge is 0.282 e. The highest BCUT2D eigenvalue weighted by atomic mass is 15.3. The molecule has 0 unspecified atom stereocenters. The third-order valence-electron chi connectivity index (χ3n) is 4.80. The number of fused-ring (bicyclic) bond motifs is 4. The second kappa shape index (κ2) is 4.89. The number of rotatable bonds is 1. The Hall–Kier alpha value is -3.21. The van der Waals surface area contributed by atoms with Gasteiger partial charge in [-0.2, -0.15) is 5.10 Å². The van der Waals surface area contributed by atoms with E-state index in [0.717, 1.165) is 39.1 Å². The topological polar surface area (TPSA) is 48.0 Å². The van der Waals surface area contributed by atoms with Crippen LogP contribution in [0.25, 0.3) is 33.4 Å². The molecule has 122 valence electrons. The van der Waals surface area contributed by atoms with E-state index in [1.165, 1.54) is 11.1 Å². The van der Waals surface area contributed by atoms with Gasteiger partial charge >= 0.3 is 0 Å². The van der Waals surface area contributed by atoms with Crippen molar-refractivity contribution in [1.29, 1.82) is 0 Å². The van der Waals surface area contributed by atoms with E-state index < -0.39 is 0 Å². The number of aromatic nitrogens is 5. The van der Waals surface area contributed by atoms with E-state index in [4.69, 9.17) is 4.98 Å². The lowest BCUT2D eigenvalue weighted by Crippen LogP contribution is -2.02. The van der Waals surface area contributed by atoms with Gasteiger partial charge in [0.25, 0.3) is 0 Å². The van der Waals surface area contributed by atoms with E-state index in [1.807, 2.05) is 36.0 Å². The minimum absolute atomic E-state index is 0.844. The predicted octanol–water partition coefficient (Wildman–Crippen LogP) is 4.15. The number of benzene rings is 2. The summed E-state index contributed by atoms with van der Waals surface area (Å²) < 4.78 is 3.98. The van der Waals surface area contributed by atoms with Gasteiger partial charge in [0.05, 0.1) is 22.2 Å². The molecule has 0 N–H and O–H groups in total. The van der Waals surface area contributed by atoms with E-state index in [9.17, 15) is 0 Å². The highest BCUT2D eigenvalue weighted by Crippen LogP contribution is 2.27. The first-order chi connectivity index (χ1) is 12.1. The molecule has 3 heterocycles. The van der Waals surface area contributed by atoms with Crippen LogP contribution in [0, 0.1) is 20.8 Å². The van der Waals surface area contributed by atoms with Crippen LogP contribution in [-0.4, -0.2) is 24.1 Å². The Bertz CT molecular complexity index is 1280. The summed E-state index contributed by atoms with van der Waals surface area (Å²) in [6.45, 7) is 6.23. The van der Waals surface area contributed by atoms with Crippen LogP contribution in [0.15, 0.2) is 48.8 Å². The number of imidazole rings is 1. The van der Waals surface area contributed by atoms with Crippen LogP contribution in [-0.2, 0) is 0 Å². The van der Waals surface area contributed by atoms with Gasteiger partial charge in [-0.25, -0.2) is 14.5 Å². The molecule has 0 saturated heterocycles. The Balaban J connectivity index is 1.93. The van der Waals surface area contributed by atoms with Crippen molar-refractivity contribution in [2.75, 3.05) is 0 Å². The summed E-state index contributed by atoms with van der Waals surface area (Å²) >= 11 is 0. The van der Waals surface area contributed by atoms with Crippen molar-refractivity contribution in [3.05, 3.63) is 65.6 Å². The molecule has 3 aromatic heterocycles. The molecule has 0 fully saturated rings. The zero-order valence-corrected chi connectivity index (χ0v) is 14.4. The Labute approximate surface area is 144 Å². The second-order valence-corrected chi connectivity index (χ2v) is 6.55. The number of hydrogen-bond acceptors (Lipinski definition) is 3. The fraction of sp³-hybridized carbons (Fsp3) is 0.150. The van der Waals surface area contributed by atoms with E-state index in [1.54, 1.807) is 0 Å². The Morgan fingerprint density at radius 2 is 1.68 bits per heavy atom. The van der Waals surface area contributed by atoms with Gasteiger partial charge in [0.2, 0.25) is 0 Å². The molecule has 0 radical (unpaired) electrons. The summed E-state index contributed by atoms with van der Waals surface area (Å²) in [5.41, 5.74) is 7.40. The first kappa shape index (κ1) is 14.2. The van der Waals surface area contributed by atoms with Crippen LogP contribution >= 0.6 is 0 Å². The van der Waals surface area contributed by atoms with E-state index in [0.29, 0.717) is 0 Å². The molecule has 5 heteroatoms. The van der Waals surface area contributed by atoms with Gasteiger partial charge in [-0.3, -0.25) is 4.57 Å². The third-order valence-corrected chi connectivity index (χ3v) is 4.80. The summed E-state index contributed by atoms with van der Waals surface area (Å²) in [5, 5.41) is 5.63. The minimum Gasteiger partial charge on any atom is -0.282 e. The number of hydrogen-bond donors (Lipinski definition) is 0. The van der Waals surface area contributed by atoms with Crippen LogP contribution in [0.5, 0.6) is 0 Å². The summed E-state index contributed by atoms with van der Waals surface area (Å²) in [6.07, 6.45) is 1.86. The molecule has 5 nitrogen and oxygen atoms in total. The Morgan fingerprint density at radius 1 is 0.880 bits per heavy atom. The predicted molar refractivity (Wildman–Crippen MR) is 99.3 cm³/mol. The number of para-hydroxylation sites is 1. The molecule has 5 aromatic rings. The van der Waals surface area contributed by atoms with Crippen LogP contribution < -0.4 is 0 Å². The zero-order valence-electron chi connectivity index (χ0n) is 14.4. The van der Waals surface area contributed by atoms with Gasteiger partial charge in [-0.15, -0.1) is 0 Å². The standard InChI is InChI=1S/C20H17N5/c1-12-8-16-18(9-13(12)2)24(11-21-16)20-15-6-4-5-7-17(15)25-19(22-20)10-14(3)23-25/h4-11H,1-3H3. The second-order valence-electron chi connectivity index (χ2n) is 6.55. The normalized spacial score (nSPS) is 11.8. The van der Waals surface area contributed by atoms with Crippen molar-refractivity contribution in [1.82, 2.24) is 24.1 Å². The molecule has 0 aliphatic heterocycles. The first-order valence-corrected chi connectivity index (χ1v) is 8.31. The Kier molecular flexibility index (Phi) is 2.77. The maximum absolute atomic E-state index is 4.89. The SMILES string of the molecule is Cc1cc2nc(-n3cnc4cc(C)c(C)cc43)c3ccccc3n2n1. The van der Waals surface area contributed by atoms with Crippen LogP contribution in [0.2, 0.25) is 0 Å². The fourth-order valence-electron chi connectivity index (χ4n) is 3.38. The fourth-order valence-corrected chi connectivity index (χ4v) is 3.38. The summed E-state index contributed by atoms with van der Waals surface area (Å²) in [7, 11) is 0. The molecule has 0 aliphatic rings. The maximum atomic E-state index is 4.89. The van der Waals surface area contributed by atoms with Gasteiger partial charge in [0.15, 0.2) is 5.65 Å². The van der Waals surface area contributed by atoms with Gasteiger partial charge in [-0.05, 0) is 56.2 Å². The van der Waals surface area contributed by atoms with Crippen molar-refractivity contribution in [3.8, 4) is 5.82 Å². The van der Waals surface area contributed by atoms with Gasteiger partial charge in [-0.1, -0.05) is 12.1 Å². The monoisotopic (exact) mass is 327 g/mol. The molecule has 0 amide bonds. The van der Waals surface area contributed by atoms with E-state index in [2.05, 4.69) is 52.8 Å². The van der Waals surface area contributed by atoms with Gasteiger partial charge in [0.1, 0.15) is 12.1 Å². The van der Waals surface area contributed by atoms with Crippen LogP contribution in [0.3, 0.4) is 0 Å². The van der Waals surface area contributed by atoms with Crippen molar-refractivity contribution in [3.63, 3.8) is 0 Å². The molecule has 0 saturated carbocycles. The average Bonchev–Trinajstić information content (AvgIpc) is 3.17.